The molecule has 1 atom stereocenters. The lowest BCUT2D eigenvalue weighted by molar-refractivity contribution is 0.0954. The highest BCUT2D eigenvalue weighted by Crippen LogP contribution is 2.12. The van der Waals surface area contributed by atoms with Crippen molar-refractivity contribution in [3.8, 4) is 0 Å². The largest absolute Gasteiger partial charge is 0.352 e. The first-order valence-electron chi connectivity index (χ1n) is 6.20. The summed E-state index contributed by atoms with van der Waals surface area (Å²) >= 11 is -2.00. The summed E-state index contributed by atoms with van der Waals surface area (Å²) in [4.78, 5) is 12.2. The molecule has 0 saturated heterocycles. The summed E-state index contributed by atoms with van der Waals surface area (Å²) < 4.78 is 20.3. The van der Waals surface area contributed by atoms with Gasteiger partial charge >= 0.3 is 0 Å². The van der Waals surface area contributed by atoms with Gasteiger partial charge in [0.05, 0.1) is 4.90 Å². The Bertz CT molecular complexity index is 614. The van der Waals surface area contributed by atoms with Gasteiger partial charge in [-0.15, -0.1) is 0 Å². The third-order valence-corrected chi connectivity index (χ3v) is 3.65. The second kappa shape index (κ2) is 6.98. The lowest BCUT2D eigenvalue weighted by atomic mass is 10.1. The molecule has 2 rings (SSSR count). The van der Waals surface area contributed by atoms with Crippen LogP contribution in [0.1, 0.15) is 15.9 Å². The Hall–Kier alpha value is -1.98. The van der Waals surface area contributed by atoms with Crippen LogP contribution in [0, 0.1) is 0 Å². The lowest BCUT2D eigenvalue weighted by Gasteiger charge is -2.08. The summed E-state index contributed by atoms with van der Waals surface area (Å²) in [5.41, 5.74) is 1.37. The van der Waals surface area contributed by atoms with Gasteiger partial charge in [0.25, 0.3) is 5.91 Å². The summed E-state index contributed by atoms with van der Waals surface area (Å²) in [5.74, 6) is -0.145. The molecule has 5 heteroatoms. The van der Waals surface area contributed by atoms with E-state index in [9.17, 15) is 13.6 Å². The summed E-state index contributed by atoms with van der Waals surface area (Å²) in [5, 5.41) is 2.79. The van der Waals surface area contributed by atoms with E-state index < -0.39 is 11.1 Å². The highest BCUT2D eigenvalue weighted by atomic mass is 32.2. The van der Waals surface area contributed by atoms with Crippen LogP contribution in [-0.4, -0.2) is 21.2 Å². The normalized spacial score (nSPS) is 11.8. The van der Waals surface area contributed by atoms with Gasteiger partial charge in [-0.3, -0.25) is 4.79 Å². The van der Waals surface area contributed by atoms with E-state index in [2.05, 4.69) is 5.32 Å². The van der Waals surface area contributed by atoms with E-state index in [1.54, 1.807) is 42.5 Å². The molecule has 1 unspecified atom stereocenters. The number of amides is 1. The number of nitrogens with one attached hydrogen (secondary N) is 1. The molecule has 0 saturated carbocycles. The van der Waals surface area contributed by atoms with Gasteiger partial charge < -0.3 is 9.87 Å². The zero-order chi connectivity index (χ0) is 14.4. The predicted octanol–water partition coefficient (Wildman–Crippen LogP) is 2.24. The minimum absolute atomic E-state index is 0.145. The van der Waals surface area contributed by atoms with Crippen molar-refractivity contribution in [2.24, 2.45) is 0 Å². The Morgan fingerprint density at radius 1 is 1.05 bits per heavy atom. The van der Waals surface area contributed by atoms with E-state index in [-0.39, 0.29) is 5.91 Å². The summed E-state index contributed by atoms with van der Waals surface area (Å²) in [6.45, 7) is 0.419. The third kappa shape index (κ3) is 3.76. The second-order valence-electron chi connectivity index (χ2n) is 4.23. The minimum Gasteiger partial charge on any atom is -0.352 e. The van der Waals surface area contributed by atoms with E-state index >= 15 is 0 Å². The molecule has 2 aromatic carbocycles. The Morgan fingerprint density at radius 3 is 2.40 bits per heavy atom. The Balaban J connectivity index is 1.94. The van der Waals surface area contributed by atoms with Gasteiger partial charge in [-0.1, -0.05) is 36.4 Å². The quantitative estimate of drug-likeness (QED) is 0.830. The van der Waals surface area contributed by atoms with Crippen molar-refractivity contribution in [3.05, 3.63) is 65.7 Å². The first-order valence-corrected chi connectivity index (χ1v) is 7.31. The van der Waals surface area contributed by atoms with Gasteiger partial charge in [-0.05, 0) is 30.2 Å². The van der Waals surface area contributed by atoms with Crippen LogP contribution in [-0.2, 0) is 17.5 Å². The Labute approximate surface area is 120 Å². The van der Waals surface area contributed by atoms with E-state index in [1.807, 2.05) is 12.1 Å². The zero-order valence-electron chi connectivity index (χ0n) is 10.8. The summed E-state index contributed by atoms with van der Waals surface area (Å²) in [6, 6.07) is 15.9. The fourth-order valence-corrected chi connectivity index (χ4v) is 2.47. The van der Waals surface area contributed by atoms with Gasteiger partial charge in [0.15, 0.2) is 11.1 Å². The van der Waals surface area contributed by atoms with Gasteiger partial charge in [0.2, 0.25) is 0 Å². The first-order chi connectivity index (χ1) is 9.68. The van der Waals surface area contributed by atoms with Crippen LogP contribution in [0.15, 0.2) is 59.5 Å². The van der Waals surface area contributed by atoms with Crippen LogP contribution in [0.3, 0.4) is 0 Å². The molecule has 2 N–H and O–H groups in total. The molecule has 104 valence electrons. The maximum absolute atomic E-state index is 11.8. The van der Waals surface area contributed by atoms with E-state index in [0.29, 0.717) is 23.4 Å². The summed E-state index contributed by atoms with van der Waals surface area (Å²) in [7, 11) is 0. The molecule has 0 aliphatic carbocycles. The van der Waals surface area contributed by atoms with Gasteiger partial charge in [-0.25, -0.2) is 4.21 Å². The van der Waals surface area contributed by atoms with Crippen molar-refractivity contribution in [1.29, 1.82) is 0 Å². The van der Waals surface area contributed by atoms with Crippen molar-refractivity contribution < 1.29 is 13.6 Å². The molecule has 0 radical (unpaired) electrons. The molecule has 0 fully saturated rings. The Morgan fingerprint density at radius 2 is 1.70 bits per heavy atom. The molecule has 0 bridgehead atoms. The van der Waals surface area contributed by atoms with Gasteiger partial charge in [0, 0.05) is 12.1 Å². The van der Waals surface area contributed by atoms with E-state index in [1.165, 1.54) is 0 Å². The lowest BCUT2D eigenvalue weighted by Crippen LogP contribution is -2.25. The number of benzene rings is 2. The van der Waals surface area contributed by atoms with Crippen LogP contribution in [0.2, 0.25) is 0 Å². The zero-order valence-corrected chi connectivity index (χ0v) is 11.6. The molecule has 0 aliphatic heterocycles. The third-order valence-electron chi connectivity index (χ3n) is 2.88. The predicted molar refractivity (Wildman–Crippen MR) is 78.0 cm³/mol. The minimum atomic E-state index is -2.00. The molecule has 2 aromatic rings. The van der Waals surface area contributed by atoms with Crippen LogP contribution < -0.4 is 5.32 Å². The Kier molecular flexibility index (Phi) is 5.03. The average molecular weight is 289 g/mol. The first kappa shape index (κ1) is 14.4. The average Bonchev–Trinajstić information content (AvgIpc) is 2.48. The maximum Gasteiger partial charge on any atom is 0.251 e. The molecule has 0 heterocycles. The van der Waals surface area contributed by atoms with Crippen molar-refractivity contribution in [2.75, 3.05) is 6.54 Å². The maximum atomic E-state index is 11.8. The van der Waals surface area contributed by atoms with Crippen LogP contribution in [0.25, 0.3) is 0 Å². The molecule has 0 spiro atoms. The highest BCUT2D eigenvalue weighted by Gasteiger charge is 2.08. The standard InChI is InChI=1S/C15H15NO3S/c17-15(13-7-2-1-3-8-13)16-11-10-12-6-4-5-9-14(12)20(18)19/h1-9H,10-11H2,(H,16,17)(H,18,19). The van der Waals surface area contributed by atoms with Crippen LogP contribution in [0.4, 0.5) is 0 Å². The molecule has 0 aromatic heterocycles. The molecule has 1 amide bonds. The summed E-state index contributed by atoms with van der Waals surface area (Å²) in [6.07, 6.45) is 0.515. The van der Waals surface area contributed by atoms with E-state index in [0.717, 1.165) is 5.56 Å². The number of hydrogen-bond acceptors (Lipinski definition) is 2. The monoisotopic (exact) mass is 289 g/mol. The van der Waals surface area contributed by atoms with Gasteiger partial charge in [-0.2, -0.15) is 0 Å². The fraction of sp³-hybridized carbons (Fsp3) is 0.133. The molecule has 4 nitrogen and oxygen atoms in total. The second-order valence-corrected chi connectivity index (χ2v) is 5.17. The molecule has 0 aliphatic rings. The fourth-order valence-electron chi connectivity index (χ4n) is 1.88. The van der Waals surface area contributed by atoms with Crippen molar-refractivity contribution in [2.45, 2.75) is 11.3 Å². The number of hydrogen-bond donors (Lipinski definition) is 2. The van der Waals surface area contributed by atoms with Crippen LogP contribution >= 0.6 is 0 Å². The molecular weight excluding hydrogens is 274 g/mol. The van der Waals surface area contributed by atoms with Crippen LogP contribution in [0.5, 0.6) is 0 Å². The number of carbonyl (C=O) groups is 1. The number of rotatable bonds is 5. The van der Waals surface area contributed by atoms with Crippen molar-refractivity contribution in [3.63, 3.8) is 0 Å². The molecule has 20 heavy (non-hydrogen) atoms. The SMILES string of the molecule is O=C(NCCc1ccccc1S(=O)O)c1ccccc1. The highest BCUT2D eigenvalue weighted by molar-refractivity contribution is 7.79. The smallest absolute Gasteiger partial charge is 0.251 e. The topological polar surface area (TPSA) is 66.4 Å². The van der Waals surface area contributed by atoms with E-state index in [4.69, 9.17) is 0 Å². The van der Waals surface area contributed by atoms with Crippen molar-refractivity contribution in [1.82, 2.24) is 5.32 Å². The van der Waals surface area contributed by atoms with Crippen molar-refractivity contribution >= 4 is 17.0 Å². The molecular formula is C15H15NO3S. The number of carbonyl (C=O) groups excluding carboxylic acids is 1. The van der Waals surface area contributed by atoms with Gasteiger partial charge in [0.1, 0.15) is 0 Å².